The monoisotopic (exact) mass is 991 g/mol. The maximum atomic E-state index is 12.6. The highest BCUT2D eigenvalue weighted by atomic mass is 16.7. The summed E-state index contributed by atoms with van der Waals surface area (Å²) in [5.41, 5.74) is 0.895. The van der Waals surface area contributed by atoms with E-state index in [1.165, 1.54) is 193 Å². The van der Waals surface area contributed by atoms with Crippen LogP contribution >= 0.6 is 0 Å². The molecule has 0 bridgehead atoms. The summed E-state index contributed by atoms with van der Waals surface area (Å²) in [4.78, 5) is 12.6. The fraction of sp³-hybridized carbons (Fsp3) is 0.881. The van der Waals surface area contributed by atoms with Crippen molar-refractivity contribution in [1.82, 2.24) is 10.6 Å². The van der Waals surface area contributed by atoms with E-state index >= 15 is 0 Å². The average molecular weight is 992 g/mol. The lowest BCUT2D eigenvalue weighted by Crippen LogP contribution is -2.60. The summed E-state index contributed by atoms with van der Waals surface area (Å²) in [7, 11) is 0. The molecular formula is C59H110N2O9. The van der Waals surface area contributed by atoms with Crippen LogP contribution < -0.4 is 10.6 Å². The second-order valence-corrected chi connectivity index (χ2v) is 21.2. The number of hydrogen-bond donors (Lipinski definition) is 7. The predicted molar refractivity (Wildman–Crippen MR) is 288 cm³/mol. The maximum Gasteiger partial charge on any atom is 0.407 e. The number of aliphatic hydroxyl groups excluding tert-OH is 5. The van der Waals surface area contributed by atoms with Crippen molar-refractivity contribution in [3.05, 3.63) is 35.9 Å². The summed E-state index contributed by atoms with van der Waals surface area (Å²) in [5, 5.41) is 61.0. The highest BCUT2D eigenvalue weighted by molar-refractivity contribution is 5.67. The first-order valence-electron chi connectivity index (χ1n) is 29.6. The number of carbonyl (C=O) groups excluding carboxylic acids is 1. The SMILES string of the molecule is CCCCCCCCCCCCCCCCCCCCCCCCCCN[C@@H](CO[C@H]1O[C@H](COC(=O)NC(C)c2ccccc2)[C@H](O)[C@H](O)[C@H]1O)[C@H](O)[C@H](O)CCCCCCCCCCCCCC. The molecule has 1 aliphatic rings. The topological polar surface area (TPSA) is 170 Å². The molecule has 410 valence electrons. The molecule has 9 atom stereocenters. The minimum atomic E-state index is -1.62. The molecule has 1 aromatic rings. The Balaban J connectivity index is 1.69. The lowest BCUT2D eigenvalue weighted by molar-refractivity contribution is -0.303. The Labute approximate surface area is 428 Å². The first-order chi connectivity index (χ1) is 34.2. The van der Waals surface area contributed by atoms with Crippen molar-refractivity contribution < 1.29 is 44.5 Å². The molecule has 1 aromatic carbocycles. The smallest absolute Gasteiger partial charge is 0.407 e. The number of amides is 1. The summed E-state index contributed by atoms with van der Waals surface area (Å²) in [6, 6.07) is 8.43. The molecular weight excluding hydrogens is 881 g/mol. The molecule has 2 rings (SSSR count). The van der Waals surface area contributed by atoms with E-state index in [1.54, 1.807) is 0 Å². The summed E-state index contributed by atoms with van der Waals surface area (Å²) >= 11 is 0. The Hall–Kier alpha value is -1.83. The van der Waals surface area contributed by atoms with Crippen LogP contribution in [0.3, 0.4) is 0 Å². The number of ether oxygens (including phenoxy) is 3. The van der Waals surface area contributed by atoms with Gasteiger partial charge in [0.1, 0.15) is 31.0 Å². The lowest BCUT2D eigenvalue weighted by Gasteiger charge is -2.40. The van der Waals surface area contributed by atoms with E-state index in [0.717, 1.165) is 44.1 Å². The number of aliphatic hydroxyl groups is 5. The van der Waals surface area contributed by atoms with Gasteiger partial charge in [0.25, 0.3) is 0 Å². The van der Waals surface area contributed by atoms with Crippen LogP contribution in [0.1, 0.15) is 270 Å². The van der Waals surface area contributed by atoms with Gasteiger partial charge in [-0.25, -0.2) is 4.79 Å². The van der Waals surface area contributed by atoms with Gasteiger partial charge >= 0.3 is 6.09 Å². The third-order valence-corrected chi connectivity index (χ3v) is 14.7. The average Bonchev–Trinajstić information content (AvgIpc) is 3.36. The lowest BCUT2D eigenvalue weighted by atomic mass is 9.98. The number of unbranched alkanes of at least 4 members (excludes halogenated alkanes) is 34. The van der Waals surface area contributed by atoms with Crippen LogP contribution in [-0.4, -0.2) is 100 Å². The zero-order valence-corrected chi connectivity index (χ0v) is 45.2. The van der Waals surface area contributed by atoms with Crippen molar-refractivity contribution >= 4 is 6.09 Å². The number of benzene rings is 1. The van der Waals surface area contributed by atoms with Crippen LogP contribution in [0.5, 0.6) is 0 Å². The highest BCUT2D eigenvalue weighted by Crippen LogP contribution is 2.24. The predicted octanol–water partition coefficient (Wildman–Crippen LogP) is 13.5. The van der Waals surface area contributed by atoms with Gasteiger partial charge in [-0.3, -0.25) is 0 Å². The van der Waals surface area contributed by atoms with Crippen molar-refractivity contribution in [2.75, 3.05) is 19.8 Å². The van der Waals surface area contributed by atoms with Crippen molar-refractivity contribution in [3.8, 4) is 0 Å². The van der Waals surface area contributed by atoms with Gasteiger partial charge in [-0.15, -0.1) is 0 Å². The summed E-state index contributed by atoms with van der Waals surface area (Å²) in [5.74, 6) is 0. The second kappa shape index (κ2) is 44.6. The quantitative estimate of drug-likeness (QED) is 0.0312. The van der Waals surface area contributed by atoms with Gasteiger partial charge < -0.3 is 50.4 Å². The van der Waals surface area contributed by atoms with Gasteiger partial charge in [-0.2, -0.15) is 0 Å². The third-order valence-electron chi connectivity index (χ3n) is 14.7. The molecule has 0 aliphatic carbocycles. The van der Waals surface area contributed by atoms with Crippen LogP contribution in [0.4, 0.5) is 4.79 Å². The highest BCUT2D eigenvalue weighted by Gasteiger charge is 2.45. The maximum absolute atomic E-state index is 12.6. The largest absolute Gasteiger partial charge is 0.447 e. The standard InChI is InChI=1S/C59H110N2O9/c1-4-6-8-10-12-14-16-18-19-20-21-22-23-24-25-26-27-28-29-31-33-35-37-42-46-60-51(54(63)52(62)45-41-36-34-32-30-17-15-13-11-9-7-5-2)47-68-58-57(66)56(65)55(64)53(70-58)48-69-59(67)61-49(3)50-43-39-38-40-44-50/h38-40,43-44,49,51-58,60,62-66H,4-37,41-42,45-48H2,1-3H3,(H,61,67)/t49?,51-,52+,53+,54-,55-,56-,57+,58-/m0/s1. The van der Waals surface area contributed by atoms with E-state index in [4.69, 9.17) is 14.2 Å². The van der Waals surface area contributed by atoms with E-state index < -0.39 is 55.0 Å². The molecule has 1 aliphatic heterocycles. The summed E-state index contributed by atoms with van der Waals surface area (Å²) < 4.78 is 17.2. The normalized spacial score (nSPS) is 20.0. The number of nitrogens with one attached hydrogen (secondary N) is 2. The summed E-state index contributed by atoms with van der Waals surface area (Å²) in [6.45, 7) is 6.48. The number of hydrogen-bond acceptors (Lipinski definition) is 10. The van der Waals surface area contributed by atoms with Gasteiger partial charge in [-0.1, -0.05) is 269 Å². The van der Waals surface area contributed by atoms with E-state index in [2.05, 4.69) is 24.5 Å². The fourth-order valence-electron chi connectivity index (χ4n) is 9.88. The van der Waals surface area contributed by atoms with Crippen molar-refractivity contribution in [3.63, 3.8) is 0 Å². The van der Waals surface area contributed by atoms with Crippen LogP contribution in [0.25, 0.3) is 0 Å². The Morgan fingerprint density at radius 2 is 0.957 bits per heavy atom. The number of carbonyl (C=O) groups is 1. The summed E-state index contributed by atoms with van der Waals surface area (Å²) in [6.07, 6.45) is 37.2. The first-order valence-corrected chi connectivity index (χ1v) is 29.6. The minimum absolute atomic E-state index is 0.122. The zero-order chi connectivity index (χ0) is 50.7. The van der Waals surface area contributed by atoms with Crippen LogP contribution in [-0.2, 0) is 14.2 Å². The van der Waals surface area contributed by atoms with Gasteiger partial charge in [0.15, 0.2) is 6.29 Å². The molecule has 1 fully saturated rings. The van der Waals surface area contributed by atoms with Crippen LogP contribution in [0.15, 0.2) is 30.3 Å². The Morgan fingerprint density at radius 1 is 0.557 bits per heavy atom. The molecule has 11 heteroatoms. The third kappa shape index (κ3) is 32.4. The van der Waals surface area contributed by atoms with Gasteiger partial charge in [-0.05, 0) is 31.9 Å². The van der Waals surface area contributed by atoms with Crippen molar-refractivity contribution in [1.29, 1.82) is 0 Å². The fourth-order valence-corrected chi connectivity index (χ4v) is 9.88. The van der Waals surface area contributed by atoms with E-state index in [0.29, 0.717) is 13.0 Å². The minimum Gasteiger partial charge on any atom is -0.447 e. The van der Waals surface area contributed by atoms with Gasteiger partial charge in [0.05, 0.1) is 30.9 Å². The second-order valence-electron chi connectivity index (χ2n) is 21.2. The van der Waals surface area contributed by atoms with Crippen LogP contribution in [0.2, 0.25) is 0 Å². The molecule has 70 heavy (non-hydrogen) atoms. The molecule has 7 N–H and O–H groups in total. The molecule has 1 unspecified atom stereocenters. The Bertz CT molecular complexity index is 1300. The Kier molecular flexibility index (Phi) is 41.0. The molecule has 0 saturated carbocycles. The van der Waals surface area contributed by atoms with E-state index in [9.17, 15) is 30.3 Å². The molecule has 11 nitrogen and oxygen atoms in total. The van der Waals surface area contributed by atoms with Gasteiger partial charge in [0.2, 0.25) is 0 Å². The Morgan fingerprint density at radius 3 is 1.39 bits per heavy atom. The molecule has 1 heterocycles. The molecule has 1 amide bonds. The molecule has 0 aromatic heterocycles. The van der Waals surface area contributed by atoms with E-state index in [1.807, 2.05) is 37.3 Å². The van der Waals surface area contributed by atoms with Crippen molar-refractivity contribution in [2.45, 2.75) is 313 Å². The van der Waals surface area contributed by atoms with E-state index in [-0.39, 0.29) is 19.3 Å². The number of alkyl carbamates (subject to hydrolysis) is 1. The number of rotatable bonds is 48. The van der Waals surface area contributed by atoms with Crippen molar-refractivity contribution in [2.24, 2.45) is 0 Å². The zero-order valence-electron chi connectivity index (χ0n) is 45.2. The van der Waals surface area contributed by atoms with Gasteiger partial charge in [0, 0.05) is 0 Å². The van der Waals surface area contributed by atoms with Crippen LogP contribution in [0, 0.1) is 0 Å². The molecule has 1 saturated heterocycles. The first kappa shape index (κ1) is 64.3. The molecule has 0 radical (unpaired) electrons. The molecule has 0 spiro atoms.